The van der Waals surface area contributed by atoms with E-state index >= 15 is 0 Å². The Morgan fingerprint density at radius 1 is 1.04 bits per heavy atom. The minimum absolute atomic E-state index is 0.0334. The molecule has 5 nitrogen and oxygen atoms in total. The van der Waals surface area contributed by atoms with E-state index in [9.17, 15) is 9.90 Å². The molecule has 0 heterocycles. The van der Waals surface area contributed by atoms with Gasteiger partial charge in [0.15, 0.2) is 0 Å². The van der Waals surface area contributed by atoms with Crippen LogP contribution < -0.4 is 10.1 Å². The summed E-state index contributed by atoms with van der Waals surface area (Å²) in [4.78, 5) is 11.1. The van der Waals surface area contributed by atoms with E-state index in [-0.39, 0.29) is 16.6 Å². The summed E-state index contributed by atoms with van der Waals surface area (Å²) < 4.78 is 11.3. The summed E-state index contributed by atoms with van der Waals surface area (Å²) in [5.74, 6) is -0.0724. The summed E-state index contributed by atoms with van der Waals surface area (Å²) in [5, 5.41) is 13.8. The Morgan fingerprint density at radius 3 is 2.04 bits per heavy atom. The Balaban J connectivity index is 3.05. The smallest absolute Gasteiger partial charge is 0.308 e. The molecule has 0 aliphatic rings. The van der Waals surface area contributed by atoms with E-state index < -0.39 is 17.1 Å². The monoisotopic (exact) mass is 379 g/mol. The number of phenols is 1. The van der Waals surface area contributed by atoms with Gasteiger partial charge in [0.2, 0.25) is 0 Å². The van der Waals surface area contributed by atoms with Gasteiger partial charge in [0.05, 0.1) is 17.9 Å². The van der Waals surface area contributed by atoms with Crippen molar-refractivity contribution in [2.75, 3.05) is 11.9 Å². The van der Waals surface area contributed by atoms with Crippen molar-refractivity contribution >= 4 is 11.7 Å². The number of hydrogen-bond acceptors (Lipinski definition) is 5. The van der Waals surface area contributed by atoms with Gasteiger partial charge in [-0.1, -0.05) is 34.6 Å². The molecule has 0 aliphatic heterocycles. The summed E-state index contributed by atoms with van der Waals surface area (Å²) in [6.07, 6.45) is 0. The molecule has 2 N–H and O–H groups in total. The predicted molar refractivity (Wildman–Crippen MR) is 110 cm³/mol. The molecule has 0 amide bonds. The first-order valence-electron chi connectivity index (χ1n) is 9.42. The maximum Gasteiger partial charge on any atom is 0.308 e. The molecule has 0 fully saturated rings. The van der Waals surface area contributed by atoms with Gasteiger partial charge < -0.3 is 19.9 Å². The molecular weight excluding hydrogens is 342 g/mol. The first-order chi connectivity index (χ1) is 12.0. The van der Waals surface area contributed by atoms with Crippen molar-refractivity contribution < 1.29 is 19.4 Å². The van der Waals surface area contributed by atoms with Gasteiger partial charge in [0.1, 0.15) is 11.5 Å². The SMILES string of the molecule is CC(=O)Oc1ccc(NC(C)(C)C(C)(C)C(C)(C)OCC(C)(C)C)c(O)c1. The highest BCUT2D eigenvalue weighted by Gasteiger charge is 2.49. The van der Waals surface area contributed by atoms with Crippen LogP contribution in [0.4, 0.5) is 5.69 Å². The average molecular weight is 380 g/mol. The molecule has 5 heteroatoms. The number of ether oxygens (including phenoxy) is 2. The molecule has 0 saturated heterocycles. The summed E-state index contributed by atoms with van der Waals surface area (Å²) in [6, 6.07) is 4.82. The average Bonchev–Trinajstić information content (AvgIpc) is 2.46. The fourth-order valence-corrected chi connectivity index (χ4v) is 2.67. The Hall–Kier alpha value is -1.75. The summed E-state index contributed by atoms with van der Waals surface area (Å²) in [6.45, 7) is 21.2. The Bertz CT molecular complexity index is 669. The topological polar surface area (TPSA) is 67.8 Å². The van der Waals surface area contributed by atoms with Crippen LogP contribution in [0.1, 0.15) is 69.2 Å². The number of esters is 1. The normalized spacial score (nSPS) is 13.4. The Morgan fingerprint density at radius 2 is 1.59 bits per heavy atom. The zero-order chi connectivity index (χ0) is 21.3. The molecule has 0 atom stereocenters. The number of carbonyl (C=O) groups excluding carboxylic acids is 1. The maximum atomic E-state index is 11.1. The quantitative estimate of drug-likeness (QED) is 0.378. The molecule has 1 aromatic carbocycles. The van der Waals surface area contributed by atoms with Crippen LogP contribution in [0.3, 0.4) is 0 Å². The molecule has 1 rings (SSSR count). The third kappa shape index (κ3) is 5.86. The predicted octanol–water partition coefficient (Wildman–Crippen LogP) is 5.38. The second-order valence-corrected chi connectivity index (χ2v) is 10.0. The third-order valence-corrected chi connectivity index (χ3v) is 5.61. The zero-order valence-corrected chi connectivity index (χ0v) is 18.6. The van der Waals surface area contributed by atoms with Crippen molar-refractivity contribution in [3.05, 3.63) is 18.2 Å². The van der Waals surface area contributed by atoms with E-state index in [4.69, 9.17) is 9.47 Å². The van der Waals surface area contributed by atoms with Gasteiger partial charge in [0.25, 0.3) is 0 Å². The standard InChI is InChI=1S/C22H37NO4/c1-15(24)27-16-11-12-17(18(25)13-16)23-21(7,8)20(5,6)22(9,10)26-14-19(2,3)4/h11-13,23,25H,14H2,1-10H3. The highest BCUT2D eigenvalue weighted by molar-refractivity contribution is 5.70. The van der Waals surface area contributed by atoms with E-state index in [1.54, 1.807) is 12.1 Å². The number of phenolic OH excluding ortho intramolecular Hbond substituents is 1. The molecule has 0 saturated carbocycles. The number of hydrogen-bond donors (Lipinski definition) is 2. The first-order valence-corrected chi connectivity index (χ1v) is 9.42. The van der Waals surface area contributed by atoms with Crippen molar-refractivity contribution in [3.8, 4) is 11.5 Å². The van der Waals surface area contributed by atoms with Crippen LogP contribution in [0.25, 0.3) is 0 Å². The van der Waals surface area contributed by atoms with Crippen molar-refractivity contribution in [3.63, 3.8) is 0 Å². The number of carbonyl (C=O) groups is 1. The lowest BCUT2D eigenvalue weighted by Crippen LogP contribution is -2.58. The lowest BCUT2D eigenvalue weighted by Gasteiger charge is -2.52. The van der Waals surface area contributed by atoms with Gasteiger partial charge >= 0.3 is 5.97 Å². The van der Waals surface area contributed by atoms with Gasteiger partial charge in [-0.2, -0.15) is 0 Å². The van der Waals surface area contributed by atoms with Crippen LogP contribution in [-0.2, 0) is 9.53 Å². The van der Waals surface area contributed by atoms with Gasteiger partial charge in [-0.3, -0.25) is 4.79 Å². The fraction of sp³-hybridized carbons (Fsp3) is 0.682. The van der Waals surface area contributed by atoms with Crippen molar-refractivity contribution in [2.45, 2.75) is 80.4 Å². The molecule has 0 bridgehead atoms. The second-order valence-electron chi connectivity index (χ2n) is 10.0. The lowest BCUT2D eigenvalue weighted by molar-refractivity contribution is -0.135. The third-order valence-electron chi connectivity index (χ3n) is 5.61. The Labute approximate surface area is 164 Å². The number of nitrogens with one attached hydrogen (secondary N) is 1. The highest BCUT2D eigenvalue weighted by atomic mass is 16.5. The van der Waals surface area contributed by atoms with Crippen LogP contribution in [-0.4, -0.2) is 28.8 Å². The number of anilines is 1. The van der Waals surface area contributed by atoms with E-state index in [2.05, 4.69) is 67.6 Å². The minimum Gasteiger partial charge on any atom is -0.506 e. The summed E-state index contributed by atoms with van der Waals surface area (Å²) >= 11 is 0. The molecule has 27 heavy (non-hydrogen) atoms. The van der Waals surface area contributed by atoms with E-state index in [0.29, 0.717) is 18.0 Å². The van der Waals surface area contributed by atoms with Gasteiger partial charge in [0, 0.05) is 23.9 Å². The van der Waals surface area contributed by atoms with Crippen LogP contribution in [0, 0.1) is 10.8 Å². The van der Waals surface area contributed by atoms with Crippen LogP contribution >= 0.6 is 0 Å². The highest BCUT2D eigenvalue weighted by Crippen LogP contribution is 2.46. The van der Waals surface area contributed by atoms with E-state index in [1.165, 1.54) is 13.0 Å². The molecule has 0 aliphatic carbocycles. The largest absolute Gasteiger partial charge is 0.506 e. The Kier molecular flexibility index (Phi) is 6.65. The molecule has 1 aromatic rings. The number of rotatable bonds is 7. The molecule has 0 spiro atoms. The molecule has 0 unspecified atom stereocenters. The minimum atomic E-state index is -0.422. The number of benzene rings is 1. The molecule has 154 valence electrons. The molecule has 0 radical (unpaired) electrons. The van der Waals surface area contributed by atoms with Gasteiger partial charge in [-0.15, -0.1) is 0 Å². The summed E-state index contributed by atoms with van der Waals surface area (Å²) in [7, 11) is 0. The fourth-order valence-electron chi connectivity index (χ4n) is 2.67. The van der Waals surface area contributed by atoms with E-state index in [0.717, 1.165) is 0 Å². The van der Waals surface area contributed by atoms with Crippen molar-refractivity contribution in [1.29, 1.82) is 0 Å². The first kappa shape index (κ1) is 23.3. The lowest BCUT2D eigenvalue weighted by atomic mass is 9.64. The summed E-state index contributed by atoms with van der Waals surface area (Å²) in [5.41, 5.74) is -0.448. The van der Waals surface area contributed by atoms with Crippen molar-refractivity contribution in [1.82, 2.24) is 0 Å². The van der Waals surface area contributed by atoms with Crippen molar-refractivity contribution in [2.24, 2.45) is 10.8 Å². The molecular formula is C22H37NO4. The van der Waals surface area contributed by atoms with Gasteiger partial charge in [-0.25, -0.2) is 0 Å². The van der Waals surface area contributed by atoms with Crippen LogP contribution in [0.5, 0.6) is 11.5 Å². The second kappa shape index (κ2) is 7.70. The number of aromatic hydroxyl groups is 1. The van der Waals surface area contributed by atoms with Crippen LogP contribution in [0.15, 0.2) is 18.2 Å². The zero-order valence-electron chi connectivity index (χ0n) is 18.6. The maximum absolute atomic E-state index is 11.1. The molecule has 0 aromatic heterocycles. The van der Waals surface area contributed by atoms with Crippen LogP contribution in [0.2, 0.25) is 0 Å². The van der Waals surface area contributed by atoms with E-state index in [1.807, 2.05) is 0 Å². The van der Waals surface area contributed by atoms with Gasteiger partial charge in [-0.05, 0) is 45.2 Å².